The van der Waals surface area contributed by atoms with E-state index in [2.05, 4.69) is 5.32 Å². The van der Waals surface area contributed by atoms with Crippen LogP contribution in [0.25, 0.3) is 0 Å². The van der Waals surface area contributed by atoms with Crippen LogP contribution in [0.5, 0.6) is 0 Å². The van der Waals surface area contributed by atoms with Crippen LogP contribution in [0, 0.1) is 0 Å². The second kappa shape index (κ2) is 5.46. The van der Waals surface area contributed by atoms with E-state index < -0.39 is 24.0 Å². The third-order valence-corrected chi connectivity index (χ3v) is 1.40. The number of hydrogen-bond acceptors (Lipinski definition) is 5. The van der Waals surface area contributed by atoms with Crippen LogP contribution in [0.1, 0.15) is 0 Å². The number of rotatable bonds is 6. The average molecular weight is 190 g/mol. The van der Waals surface area contributed by atoms with Gasteiger partial charge in [0.05, 0.1) is 6.04 Å². The van der Waals surface area contributed by atoms with Gasteiger partial charge in [0, 0.05) is 13.1 Å². The van der Waals surface area contributed by atoms with Gasteiger partial charge in [0.1, 0.15) is 6.10 Å². The van der Waals surface area contributed by atoms with E-state index in [1.165, 1.54) is 0 Å². The molecule has 13 heavy (non-hydrogen) atoms. The molecule has 7 heteroatoms. The summed E-state index contributed by atoms with van der Waals surface area (Å²) in [6.07, 6.45) is -1.28. The largest absolute Gasteiger partial charge is 0.382 e. The first-order valence-electron chi connectivity index (χ1n) is 3.68. The van der Waals surface area contributed by atoms with E-state index in [-0.39, 0.29) is 13.1 Å². The highest BCUT2D eigenvalue weighted by Gasteiger charge is 2.12. The standard InChI is InChI=1S/C6H14N4O3/c7-3(5(8)12)1-10-2-4(11)6(9)13/h3-4,10-11H,1-2,7H2,(H2,8,12)(H2,9,13). The molecule has 0 aromatic carbocycles. The maximum absolute atomic E-state index is 10.4. The SMILES string of the molecule is NC(=O)C(N)CNCC(O)C(N)=O. The van der Waals surface area contributed by atoms with Gasteiger partial charge in [0.2, 0.25) is 11.8 Å². The summed E-state index contributed by atoms with van der Waals surface area (Å²) in [7, 11) is 0. The smallest absolute Gasteiger partial charge is 0.247 e. The first kappa shape index (κ1) is 11.8. The van der Waals surface area contributed by atoms with Crippen molar-refractivity contribution in [3.8, 4) is 0 Å². The first-order valence-corrected chi connectivity index (χ1v) is 3.68. The van der Waals surface area contributed by atoms with E-state index in [1.54, 1.807) is 0 Å². The first-order chi connectivity index (χ1) is 5.95. The topological polar surface area (TPSA) is 144 Å². The van der Waals surface area contributed by atoms with E-state index in [9.17, 15) is 9.59 Å². The zero-order chi connectivity index (χ0) is 10.4. The van der Waals surface area contributed by atoms with Crippen LogP contribution in [0.3, 0.4) is 0 Å². The lowest BCUT2D eigenvalue weighted by Crippen LogP contribution is -2.47. The monoisotopic (exact) mass is 190 g/mol. The molecule has 0 aromatic heterocycles. The number of hydrogen-bond donors (Lipinski definition) is 5. The molecule has 0 aliphatic rings. The van der Waals surface area contributed by atoms with Crippen LogP contribution < -0.4 is 22.5 Å². The Bertz CT molecular complexity index is 176. The highest BCUT2D eigenvalue weighted by molar-refractivity contribution is 5.80. The van der Waals surface area contributed by atoms with Crippen molar-refractivity contribution in [2.45, 2.75) is 12.1 Å². The van der Waals surface area contributed by atoms with Gasteiger partial charge in [-0.1, -0.05) is 0 Å². The number of primary amides is 2. The molecule has 2 amide bonds. The molecule has 7 nitrogen and oxygen atoms in total. The van der Waals surface area contributed by atoms with Gasteiger partial charge in [-0.05, 0) is 0 Å². The molecule has 0 aliphatic carbocycles. The molecular weight excluding hydrogens is 176 g/mol. The molecule has 0 saturated heterocycles. The average Bonchev–Trinajstić information content (AvgIpc) is 2.03. The molecule has 0 radical (unpaired) electrons. The van der Waals surface area contributed by atoms with Gasteiger partial charge in [-0.15, -0.1) is 0 Å². The zero-order valence-electron chi connectivity index (χ0n) is 7.06. The molecule has 2 unspecified atom stereocenters. The lowest BCUT2D eigenvalue weighted by atomic mass is 10.3. The maximum atomic E-state index is 10.4. The van der Waals surface area contributed by atoms with Crippen LogP contribution in [-0.4, -0.2) is 42.2 Å². The van der Waals surface area contributed by atoms with E-state index in [0.717, 1.165) is 0 Å². The Balaban J connectivity index is 3.56. The van der Waals surface area contributed by atoms with E-state index in [0.29, 0.717) is 0 Å². The van der Waals surface area contributed by atoms with E-state index in [4.69, 9.17) is 22.3 Å². The number of aliphatic hydroxyl groups is 1. The number of carbonyl (C=O) groups excluding carboxylic acids is 2. The molecule has 8 N–H and O–H groups in total. The summed E-state index contributed by atoms with van der Waals surface area (Å²) in [6, 6.07) is -0.833. The molecule has 0 spiro atoms. The minimum absolute atomic E-state index is 0.0453. The Morgan fingerprint density at radius 2 is 1.77 bits per heavy atom. The summed E-state index contributed by atoms with van der Waals surface area (Å²) >= 11 is 0. The predicted molar refractivity (Wildman–Crippen MR) is 45.2 cm³/mol. The van der Waals surface area contributed by atoms with Crippen molar-refractivity contribution in [1.82, 2.24) is 5.32 Å². The van der Waals surface area contributed by atoms with Gasteiger partial charge in [-0.2, -0.15) is 0 Å². The van der Waals surface area contributed by atoms with E-state index in [1.807, 2.05) is 0 Å². The molecule has 0 heterocycles. The van der Waals surface area contributed by atoms with Gasteiger partial charge >= 0.3 is 0 Å². The predicted octanol–water partition coefficient (Wildman–Crippen LogP) is -3.77. The molecule has 2 atom stereocenters. The fraction of sp³-hybridized carbons (Fsp3) is 0.667. The summed E-state index contributed by atoms with van der Waals surface area (Å²) < 4.78 is 0. The van der Waals surface area contributed by atoms with Gasteiger partial charge in [0.25, 0.3) is 0 Å². The van der Waals surface area contributed by atoms with Crippen LogP contribution in [0.4, 0.5) is 0 Å². The normalized spacial score (nSPS) is 14.9. The quantitative estimate of drug-likeness (QED) is 0.292. The molecule has 0 aromatic rings. The van der Waals surface area contributed by atoms with Crippen LogP contribution in [0.2, 0.25) is 0 Å². The Labute approximate surface area is 75.3 Å². The molecular formula is C6H14N4O3. The number of carbonyl (C=O) groups is 2. The van der Waals surface area contributed by atoms with Crippen molar-refractivity contribution in [3.05, 3.63) is 0 Å². The minimum Gasteiger partial charge on any atom is -0.382 e. The van der Waals surface area contributed by atoms with Crippen molar-refractivity contribution in [2.24, 2.45) is 17.2 Å². The summed E-state index contributed by atoms with van der Waals surface area (Å²) in [5.74, 6) is -1.48. The lowest BCUT2D eigenvalue weighted by Gasteiger charge is -2.10. The number of nitrogens with one attached hydrogen (secondary N) is 1. The fourth-order valence-electron chi connectivity index (χ4n) is 0.577. The summed E-state index contributed by atoms with van der Waals surface area (Å²) in [5, 5.41) is 11.5. The molecule has 0 fully saturated rings. The molecule has 76 valence electrons. The zero-order valence-corrected chi connectivity index (χ0v) is 7.06. The number of nitrogens with two attached hydrogens (primary N) is 3. The highest BCUT2D eigenvalue weighted by atomic mass is 16.3. The third-order valence-electron chi connectivity index (χ3n) is 1.40. The summed E-state index contributed by atoms with van der Waals surface area (Å²) in [5.41, 5.74) is 14.9. The Hall–Kier alpha value is -1.18. The Kier molecular flexibility index (Phi) is 4.97. The van der Waals surface area contributed by atoms with Crippen molar-refractivity contribution >= 4 is 11.8 Å². The molecule has 0 aliphatic heterocycles. The fourth-order valence-corrected chi connectivity index (χ4v) is 0.577. The molecule has 0 saturated carbocycles. The third kappa shape index (κ3) is 5.12. The second-order valence-corrected chi connectivity index (χ2v) is 2.59. The second-order valence-electron chi connectivity index (χ2n) is 2.59. The van der Waals surface area contributed by atoms with Crippen molar-refractivity contribution < 1.29 is 14.7 Å². The molecule has 0 bridgehead atoms. The van der Waals surface area contributed by atoms with E-state index >= 15 is 0 Å². The van der Waals surface area contributed by atoms with Crippen molar-refractivity contribution in [3.63, 3.8) is 0 Å². The summed E-state index contributed by atoms with van der Waals surface area (Å²) in [4.78, 5) is 20.7. The van der Waals surface area contributed by atoms with Crippen LogP contribution >= 0.6 is 0 Å². The van der Waals surface area contributed by atoms with Gasteiger partial charge < -0.3 is 27.6 Å². The minimum atomic E-state index is -1.28. The molecule has 0 rings (SSSR count). The summed E-state index contributed by atoms with van der Waals surface area (Å²) in [6.45, 7) is 0.0516. The Morgan fingerprint density at radius 3 is 2.15 bits per heavy atom. The number of amides is 2. The van der Waals surface area contributed by atoms with Gasteiger partial charge in [0.15, 0.2) is 0 Å². The highest BCUT2D eigenvalue weighted by Crippen LogP contribution is 1.78. The van der Waals surface area contributed by atoms with Crippen molar-refractivity contribution in [2.75, 3.05) is 13.1 Å². The van der Waals surface area contributed by atoms with Crippen molar-refractivity contribution in [1.29, 1.82) is 0 Å². The van der Waals surface area contributed by atoms with Crippen LogP contribution in [0.15, 0.2) is 0 Å². The maximum Gasteiger partial charge on any atom is 0.247 e. The van der Waals surface area contributed by atoms with Crippen LogP contribution in [-0.2, 0) is 9.59 Å². The number of aliphatic hydroxyl groups excluding tert-OH is 1. The van der Waals surface area contributed by atoms with Gasteiger partial charge in [-0.3, -0.25) is 9.59 Å². The Morgan fingerprint density at radius 1 is 1.23 bits per heavy atom. The lowest BCUT2D eigenvalue weighted by molar-refractivity contribution is -0.125. The van der Waals surface area contributed by atoms with Gasteiger partial charge in [-0.25, -0.2) is 0 Å².